The molecule has 0 radical (unpaired) electrons. The van der Waals surface area contributed by atoms with Gasteiger partial charge in [0.25, 0.3) is 5.69 Å². The Kier molecular flexibility index (Phi) is 5.62. The van der Waals surface area contributed by atoms with E-state index in [9.17, 15) is 19.7 Å². The smallest absolute Gasteiger partial charge is 0.417 e. The summed E-state index contributed by atoms with van der Waals surface area (Å²) in [6.45, 7) is 1.97. The molecule has 0 bridgehead atoms. The van der Waals surface area contributed by atoms with Gasteiger partial charge in [0.15, 0.2) is 5.96 Å². The SMILES string of the molecule is N=C(N)N(C(=O)OCc1ccc([N+](=O)[O-])cc1)C1CN(C(=O)N2CCCC2)C1. The molecule has 0 unspecified atom stereocenters. The maximum Gasteiger partial charge on any atom is 0.417 e. The zero-order valence-corrected chi connectivity index (χ0v) is 15.2. The second kappa shape index (κ2) is 8.11. The molecule has 3 N–H and O–H groups in total. The molecule has 11 nitrogen and oxygen atoms in total. The maximum atomic E-state index is 12.4. The van der Waals surface area contributed by atoms with Crippen LogP contribution in [0.1, 0.15) is 18.4 Å². The fourth-order valence-corrected chi connectivity index (χ4v) is 3.26. The number of urea groups is 1. The van der Waals surface area contributed by atoms with Crippen LogP contribution in [0.25, 0.3) is 0 Å². The van der Waals surface area contributed by atoms with Gasteiger partial charge in [-0.1, -0.05) is 0 Å². The van der Waals surface area contributed by atoms with Crippen molar-refractivity contribution in [3.8, 4) is 0 Å². The van der Waals surface area contributed by atoms with Crippen molar-refractivity contribution in [3.63, 3.8) is 0 Å². The van der Waals surface area contributed by atoms with Gasteiger partial charge in [-0.05, 0) is 30.5 Å². The van der Waals surface area contributed by atoms with Gasteiger partial charge in [0, 0.05) is 38.3 Å². The Balaban J connectivity index is 1.52. The molecule has 2 saturated heterocycles. The average Bonchev–Trinajstić information content (AvgIpc) is 3.16. The second-order valence-corrected chi connectivity index (χ2v) is 6.77. The number of ether oxygens (including phenoxy) is 1. The van der Waals surface area contributed by atoms with Gasteiger partial charge in [0.2, 0.25) is 0 Å². The van der Waals surface area contributed by atoms with Crippen molar-refractivity contribution in [2.45, 2.75) is 25.5 Å². The van der Waals surface area contributed by atoms with Gasteiger partial charge in [-0.2, -0.15) is 0 Å². The number of hydrogen-bond acceptors (Lipinski definition) is 6. The molecule has 2 heterocycles. The lowest BCUT2D eigenvalue weighted by Crippen LogP contribution is -2.66. The normalized spacial score (nSPS) is 16.4. The number of carbonyl (C=O) groups excluding carboxylic acids is 2. The lowest BCUT2D eigenvalue weighted by atomic mass is 10.1. The number of nitro benzene ring substituents is 1. The molecule has 3 rings (SSSR count). The molecule has 11 heteroatoms. The molecule has 2 aliphatic heterocycles. The molecule has 2 aliphatic rings. The van der Waals surface area contributed by atoms with E-state index in [4.69, 9.17) is 15.9 Å². The predicted octanol–water partition coefficient (Wildman–Crippen LogP) is 1.33. The van der Waals surface area contributed by atoms with E-state index in [0.717, 1.165) is 30.8 Å². The summed E-state index contributed by atoms with van der Waals surface area (Å²) >= 11 is 0. The number of nitrogens with zero attached hydrogens (tertiary/aromatic N) is 4. The van der Waals surface area contributed by atoms with Crippen LogP contribution in [-0.2, 0) is 11.3 Å². The molecule has 0 aromatic heterocycles. The molecular weight excluding hydrogens is 368 g/mol. The minimum atomic E-state index is -0.788. The second-order valence-electron chi connectivity index (χ2n) is 6.77. The van der Waals surface area contributed by atoms with Gasteiger partial charge in [-0.15, -0.1) is 0 Å². The van der Waals surface area contributed by atoms with E-state index >= 15 is 0 Å². The number of nitrogens with one attached hydrogen (secondary N) is 1. The largest absolute Gasteiger partial charge is 0.444 e. The van der Waals surface area contributed by atoms with Gasteiger partial charge in [0.05, 0.1) is 11.0 Å². The molecule has 0 aliphatic carbocycles. The number of carbonyl (C=O) groups is 2. The van der Waals surface area contributed by atoms with Crippen molar-refractivity contribution in [3.05, 3.63) is 39.9 Å². The molecule has 0 spiro atoms. The molecule has 0 saturated carbocycles. The van der Waals surface area contributed by atoms with E-state index in [1.165, 1.54) is 24.3 Å². The quantitative estimate of drug-likeness (QED) is 0.343. The van der Waals surface area contributed by atoms with Gasteiger partial charge in [-0.3, -0.25) is 15.5 Å². The van der Waals surface area contributed by atoms with Crippen LogP contribution in [-0.4, -0.2) is 69.9 Å². The zero-order chi connectivity index (χ0) is 20.3. The predicted molar refractivity (Wildman–Crippen MR) is 98.6 cm³/mol. The highest BCUT2D eigenvalue weighted by Crippen LogP contribution is 2.20. The number of guanidine groups is 1. The molecule has 3 amide bonds. The van der Waals surface area contributed by atoms with Crippen molar-refractivity contribution in [1.29, 1.82) is 5.41 Å². The topological polar surface area (TPSA) is 146 Å². The van der Waals surface area contributed by atoms with Crippen LogP contribution in [0.3, 0.4) is 0 Å². The lowest BCUT2D eigenvalue weighted by molar-refractivity contribution is -0.384. The minimum absolute atomic E-state index is 0.0577. The number of likely N-dealkylation sites (tertiary alicyclic amines) is 2. The fraction of sp³-hybridized carbons (Fsp3) is 0.471. The summed E-state index contributed by atoms with van der Waals surface area (Å²) in [5.41, 5.74) is 6.05. The molecule has 1 aromatic rings. The highest BCUT2D eigenvalue weighted by atomic mass is 16.6. The van der Waals surface area contributed by atoms with Crippen LogP contribution in [0.2, 0.25) is 0 Å². The van der Waals surface area contributed by atoms with E-state index in [0.29, 0.717) is 18.7 Å². The van der Waals surface area contributed by atoms with E-state index < -0.39 is 23.0 Å². The summed E-state index contributed by atoms with van der Waals surface area (Å²) < 4.78 is 5.19. The molecular formula is C17H22N6O5. The summed E-state index contributed by atoms with van der Waals surface area (Å²) in [5.74, 6) is -0.452. The first-order chi connectivity index (χ1) is 13.4. The minimum Gasteiger partial charge on any atom is -0.444 e. The van der Waals surface area contributed by atoms with Crippen LogP contribution in [0.5, 0.6) is 0 Å². The van der Waals surface area contributed by atoms with E-state index in [2.05, 4.69) is 0 Å². The number of nitro groups is 1. The van der Waals surface area contributed by atoms with Gasteiger partial charge in [-0.25, -0.2) is 14.5 Å². The standard InChI is InChI=1S/C17H22N6O5/c18-15(19)22(14-9-21(10-14)16(24)20-7-1-2-8-20)17(25)28-11-12-3-5-13(6-4-12)23(26)27/h3-6,14H,1-2,7-11H2,(H3,18,19). The highest BCUT2D eigenvalue weighted by Gasteiger charge is 2.41. The Hall–Kier alpha value is -3.37. The molecule has 1 aromatic carbocycles. The highest BCUT2D eigenvalue weighted by molar-refractivity contribution is 5.92. The van der Waals surface area contributed by atoms with Gasteiger partial charge in [0.1, 0.15) is 6.61 Å². The fourth-order valence-electron chi connectivity index (χ4n) is 3.26. The van der Waals surface area contributed by atoms with Crippen LogP contribution >= 0.6 is 0 Å². The Bertz CT molecular complexity index is 771. The van der Waals surface area contributed by atoms with Crippen LogP contribution in [0.4, 0.5) is 15.3 Å². The monoisotopic (exact) mass is 390 g/mol. The number of rotatable bonds is 4. The molecule has 28 heavy (non-hydrogen) atoms. The summed E-state index contributed by atoms with van der Waals surface area (Å²) in [4.78, 5) is 39.2. The van der Waals surface area contributed by atoms with Gasteiger partial charge < -0.3 is 20.3 Å². The third kappa shape index (κ3) is 4.13. The van der Waals surface area contributed by atoms with Crippen molar-refractivity contribution < 1.29 is 19.2 Å². The van der Waals surface area contributed by atoms with Gasteiger partial charge >= 0.3 is 12.1 Å². The number of non-ortho nitro benzene ring substituents is 1. The van der Waals surface area contributed by atoms with Crippen molar-refractivity contribution in [2.24, 2.45) is 5.73 Å². The third-order valence-electron chi connectivity index (χ3n) is 4.84. The first-order valence-electron chi connectivity index (χ1n) is 8.94. The Morgan fingerprint density at radius 3 is 2.36 bits per heavy atom. The Labute approximate surface area is 161 Å². The first kappa shape index (κ1) is 19.4. The van der Waals surface area contributed by atoms with E-state index in [1.807, 2.05) is 0 Å². The summed E-state index contributed by atoms with van der Waals surface area (Å²) in [6.07, 6.45) is 1.21. The van der Waals surface area contributed by atoms with Crippen LogP contribution in [0.15, 0.2) is 24.3 Å². The Morgan fingerprint density at radius 1 is 1.21 bits per heavy atom. The summed E-state index contributed by atoms with van der Waals surface area (Å²) in [5, 5.41) is 18.3. The lowest BCUT2D eigenvalue weighted by Gasteiger charge is -2.44. The molecule has 2 fully saturated rings. The third-order valence-corrected chi connectivity index (χ3v) is 4.84. The Morgan fingerprint density at radius 2 is 1.82 bits per heavy atom. The van der Waals surface area contributed by atoms with Crippen molar-refractivity contribution in [1.82, 2.24) is 14.7 Å². The molecule has 150 valence electrons. The average molecular weight is 390 g/mol. The number of nitrogens with two attached hydrogens (primary N) is 1. The first-order valence-corrected chi connectivity index (χ1v) is 8.94. The van der Waals surface area contributed by atoms with Crippen molar-refractivity contribution >= 4 is 23.8 Å². The van der Waals surface area contributed by atoms with Crippen molar-refractivity contribution in [2.75, 3.05) is 26.2 Å². The van der Waals surface area contributed by atoms with E-state index in [-0.39, 0.29) is 18.3 Å². The van der Waals surface area contributed by atoms with Crippen LogP contribution in [0, 0.1) is 15.5 Å². The molecule has 0 atom stereocenters. The van der Waals surface area contributed by atoms with Crippen LogP contribution < -0.4 is 5.73 Å². The zero-order valence-electron chi connectivity index (χ0n) is 15.2. The summed E-state index contributed by atoms with van der Waals surface area (Å²) in [7, 11) is 0. The number of amides is 3. The summed E-state index contributed by atoms with van der Waals surface area (Å²) in [6, 6.07) is 5.15. The van der Waals surface area contributed by atoms with E-state index in [1.54, 1.807) is 9.80 Å². The number of benzene rings is 1. The number of hydrogen-bond donors (Lipinski definition) is 2. The maximum absolute atomic E-state index is 12.4.